The lowest BCUT2D eigenvalue weighted by atomic mass is 9.84. The number of nitrogens with zero attached hydrogens (tertiary/aromatic N) is 1. The third-order valence-electron chi connectivity index (χ3n) is 3.38. The van der Waals surface area contributed by atoms with E-state index in [-0.39, 0.29) is 0 Å². The lowest BCUT2D eigenvalue weighted by Crippen LogP contribution is -2.40. The molecular weight excluding hydrogens is 278 g/mol. The van der Waals surface area contributed by atoms with Gasteiger partial charge in [-0.05, 0) is 52.4 Å². The van der Waals surface area contributed by atoms with E-state index in [0.29, 0.717) is 11.0 Å². The molecule has 1 fully saturated rings. The van der Waals surface area contributed by atoms with E-state index >= 15 is 0 Å². The van der Waals surface area contributed by atoms with Crippen LogP contribution in [0.3, 0.4) is 0 Å². The molecule has 0 bridgehead atoms. The Labute approximate surface area is 111 Å². The van der Waals surface area contributed by atoms with Crippen LogP contribution in [0.1, 0.15) is 37.0 Å². The van der Waals surface area contributed by atoms with Crippen molar-refractivity contribution in [3.63, 3.8) is 0 Å². The molecule has 0 radical (unpaired) electrons. The molecule has 92 valence electrons. The summed E-state index contributed by atoms with van der Waals surface area (Å²) in [6, 6.07) is 5.97. The fourth-order valence-electron chi connectivity index (χ4n) is 2.45. The second-order valence-electron chi connectivity index (χ2n) is 5.51. The Bertz CT molecular complexity index is 428. The largest absolute Gasteiger partial charge is 0.371 e. The Morgan fingerprint density at radius 2 is 2.18 bits per heavy atom. The summed E-state index contributed by atoms with van der Waals surface area (Å²) < 4.78 is 0.883. The molecule has 1 aliphatic heterocycles. The maximum Gasteiger partial charge on any atom is 0.151 e. The van der Waals surface area contributed by atoms with Crippen LogP contribution in [-0.4, -0.2) is 19.4 Å². The molecule has 1 saturated heterocycles. The van der Waals surface area contributed by atoms with Gasteiger partial charge in [-0.3, -0.25) is 4.79 Å². The van der Waals surface area contributed by atoms with Crippen LogP contribution in [0.25, 0.3) is 0 Å². The smallest absolute Gasteiger partial charge is 0.151 e. The van der Waals surface area contributed by atoms with Gasteiger partial charge in [-0.15, -0.1) is 0 Å². The number of hydrogen-bond acceptors (Lipinski definition) is 2. The zero-order chi connectivity index (χ0) is 12.5. The van der Waals surface area contributed by atoms with Gasteiger partial charge in [0.05, 0.1) is 0 Å². The maximum atomic E-state index is 10.8. The third kappa shape index (κ3) is 2.89. The maximum absolute atomic E-state index is 10.8. The van der Waals surface area contributed by atoms with Gasteiger partial charge < -0.3 is 4.90 Å². The molecule has 0 unspecified atom stereocenters. The zero-order valence-electron chi connectivity index (χ0n) is 10.4. The summed E-state index contributed by atoms with van der Waals surface area (Å²) in [5.74, 6) is 0. The summed E-state index contributed by atoms with van der Waals surface area (Å²) in [7, 11) is 0. The molecular formula is C14H18BrNO. The average Bonchev–Trinajstić information content (AvgIpc) is 2.27. The van der Waals surface area contributed by atoms with Crippen molar-refractivity contribution >= 4 is 27.9 Å². The van der Waals surface area contributed by atoms with Crippen molar-refractivity contribution in [2.45, 2.75) is 26.7 Å². The van der Waals surface area contributed by atoms with Crippen LogP contribution in [-0.2, 0) is 0 Å². The van der Waals surface area contributed by atoms with Crippen LogP contribution in [0.5, 0.6) is 0 Å². The highest BCUT2D eigenvalue weighted by Crippen LogP contribution is 2.32. The highest BCUT2D eigenvalue weighted by atomic mass is 79.9. The molecule has 0 amide bonds. The monoisotopic (exact) mass is 295 g/mol. The Kier molecular flexibility index (Phi) is 3.57. The molecule has 2 rings (SSSR count). The minimum atomic E-state index is 0.383. The molecule has 0 saturated carbocycles. The van der Waals surface area contributed by atoms with Crippen molar-refractivity contribution in [2.75, 3.05) is 18.0 Å². The van der Waals surface area contributed by atoms with Gasteiger partial charge in [0.25, 0.3) is 0 Å². The van der Waals surface area contributed by atoms with Gasteiger partial charge in [0.1, 0.15) is 0 Å². The Morgan fingerprint density at radius 1 is 1.41 bits per heavy atom. The number of aldehydes is 1. The van der Waals surface area contributed by atoms with E-state index in [9.17, 15) is 4.79 Å². The minimum Gasteiger partial charge on any atom is -0.371 e. The second-order valence-corrected chi connectivity index (χ2v) is 6.37. The fourth-order valence-corrected chi connectivity index (χ4v) is 2.91. The summed E-state index contributed by atoms with van der Waals surface area (Å²) in [6.07, 6.45) is 3.41. The SMILES string of the molecule is CC1(C)CCCN(c2ccc(C=O)c(Br)c2)C1. The van der Waals surface area contributed by atoms with Crippen molar-refractivity contribution in [2.24, 2.45) is 5.41 Å². The lowest BCUT2D eigenvalue weighted by molar-refractivity contribution is 0.112. The highest BCUT2D eigenvalue weighted by Gasteiger charge is 2.26. The van der Waals surface area contributed by atoms with Crippen molar-refractivity contribution in [3.8, 4) is 0 Å². The van der Waals surface area contributed by atoms with Crippen LogP contribution < -0.4 is 4.90 Å². The minimum absolute atomic E-state index is 0.383. The quantitative estimate of drug-likeness (QED) is 0.772. The fraction of sp³-hybridized carbons (Fsp3) is 0.500. The number of benzene rings is 1. The molecule has 1 aromatic rings. The predicted octanol–water partition coefficient (Wildman–Crippen LogP) is 3.89. The van der Waals surface area contributed by atoms with Gasteiger partial charge in [0.2, 0.25) is 0 Å². The standard InChI is InChI=1S/C14H18BrNO/c1-14(2)6-3-7-16(10-14)12-5-4-11(9-17)13(15)8-12/h4-5,8-9H,3,6-7,10H2,1-2H3. The number of rotatable bonds is 2. The molecule has 3 heteroatoms. The molecule has 0 aromatic heterocycles. The third-order valence-corrected chi connectivity index (χ3v) is 4.06. The van der Waals surface area contributed by atoms with Crippen LogP contribution in [0.15, 0.2) is 22.7 Å². The van der Waals surface area contributed by atoms with Gasteiger partial charge in [-0.25, -0.2) is 0 Å². The molecule has 0 atom stereocenters. The van der Waals surface area contributed by atoms with Crippen LogP contribution >= 0.6 is 15.9 Å². The van der Waals surface area contributed by atoms with Gasteiger partial charge in [0.15, 0.2) is 6.29 Å². The van der Waals surface area contributed by atoms with E-state index < -0.39 is 0 Å². The molecule has 0 aliphatic carbocycles. The van der Waals surface area contributed by atoms with Crippen LogP contribution in [0.2, 0.25) is 0 Å². The van der Waals surface area contributed by atoms with E-state index in [1.165, 1.54) is 18.5 Å². The molecule has 2 nitrogen and oxygen atoms in total. The molecule has 0 spiro atoms. The summed E-state index contributed by atoms with van der Waals surface area (Å²) >= 11 is 3.44. The van der Waals surface area contributed by atoms with E-state index in [2.05, 4.69) is 34.7 Å². The van der Waals surface area contributed by atoms with Crippen molar-refractivity contribution < 1.29 is 4.79 Å². The normalized spacial score (nSPS) is 19.1. The molecule has 0 N–H and O–H groups in total. The van der Waals surface area contributed by atoms with Gasteiger partial charge in [-0.1, -0.05) is 13.8 Å². The van der Waals surface area contributed by atoms with Crippen molar-refractivity contribution in [3.05, 3.63) is 28.2 Å². The second kappa shape index (κ2) is 4.81. The number of anilines is 1. The summed E-state index contributed by atoms with van der Waals surface area (Å²) in [5, 5.41) is 0. The number of piperidine rings is 1. The number of halogens is 1. The zero-order valence-corrected chi connectivity index (χ0v) is 12.0. The average molecular weight is 296 g/mol. The van der Waals surface area contributed by atoms with Crippen LogP contribution in [0.4, 0.5) is 5.69 Å². The summed E-state index contributed by atoms with van der Waals surface area (Å²) in [5.41, 5.74) is 2.30. The summed E-state index contributed by atoms with van der Waals surface area (Å²) in [6.45, 7) is 6.82. The Morgan fingerprint density at radius 3 is 2.76 bits per heavy atom. The molecule has 1 aliphatic rings. The van der Waals surface area contributed by atoms with E-state index in [1.54, 1.807) is 0 Å². The van der Waals surface area contributed by atoms with E-state index in [1.807, 2.05) is 18.2 Å². The van der Waals surface area contributed by atoms with Crippen molar-refractivity contribution in [1.29, 1.82) is 0 Å². The van der Waals surface area contributed by atoms with E-state index in [0.717, 1.165) is 23.8 Å². The van der Waals surface area contributed by atoms with Crippen molar-refractivity contribution in [1.82, 2.24) is 0 Å². The first-order valence-electron chi connectivity index (χ1n) is 6.01. The summed E-state index contributed by atoms with van der Waals surface area (Å²) in [4.78, 5) is 13.2. The predicted molar refractivity (Wildman–Crippen MR) is 74.8 cm³/mol. The first kappa shape index (κ1) is 12.6. The number of hydrogen-bond donors (Lipinski definition) is 0. The lowest BCUT2D eigenvalue weighted by Gasteiger charge is -2.39. The number of carbonyl (C=O) groups excluding carboxylic acids is 1. The van der Waals surface area contributed by atoms with Gasteiger partial charge in [0, 0.05) is 28.8 Å². The first-order chi connectivity index (χ1) is 8.02. The molecule has 1 aromatic carbocycles. The first-order valence-corrected chi connectivity index (χ1v) is 6.81. The molecule has 17 heavy (non-hydrogen) atoms. The van der Waals surface area contributed by atoms with Gasteiger partial charge >= 0.3 is 0 Å². The number of carbonyl (C=O) groups is 1. The Balaban J connectivity index is 2.22. The van der Waals surface area contributed by atoms with Crippen LogP contribution in [0, 0.1) is 5.41 Å². The highest BCUT2D eigenvalue weighted by molar-refractivity contribution is 9.10. The Hall–Kier alpha value is -0.830. The van der Waals surface area contributed by atoms with E-state index in [4.69, 9.17) is 0 Å². The topological polar surface area (TPSA) is 20.3 Å². The van der Waals surface area contributed by atoms with Gasteiger partial charge in [-0.2, -0.15) is 0 Å². The molecule has 1 heterocycles.